The third-order valence-corrected chi connectivity index (χ3v) is 5.53. The molecule has 2 rings (SSSR count). The molecule has 5 nitrogen and oxygen atoms in total. The minimum atomic E-state index is -3.43. The lowest BCUT2D eigenvalue weighted by Gasteiger charge is -2.17. The number of sulfonamides is 1. The van der Waals surface area contributed by atoms with Gasteiger partial charge < -0.3 is 4.90 Å². The third-order valence-electron chi connectivity index (χ3n) is 3.86. The van der Waals surface area contributed by atoms with Crippen LogP contribution >= 0.6 is 11.6 Å². The highest BCUT2D eigenvalue weighted by molar-refractivity contribution is 7.89. The summed E-state index contributed by atoms with van der Waals surface area (Å²) in [6.45, 7) is 0.499. The summed E-state index contributed by atoms with van der Waals surface area (Å²) < 4.78 is 25.6. The molecule has 0 aliphatic carbocycles. The first-order valence-electron chi connectivity index (χ1n) is 7.83. The number of aryl methyl sites for hydroxylation is 1. The van der Waals surface area contributed by atoms with E-state index in [0.717, 1.165) is 11.1 Å². The fourth-order valence-electron chi connectivity index (χ4n) is 2.39. The van der Waals surface area contributed by atoms with Crippen molar-refractivity contribution in [1.82, 2.24) is 9.62 Å². The van der Waals surface area contributed by atoms with E-state index in [1.807, 2.05) is 18.2 Å². The summed E-state index contributed by atoms with van der Waals surface area (Å²) in [6, 6.07) is 14.0. The molecule has 7 heteroatoms. The number of carbonyl (C=O) groups is 1. The van der Waals surface area contributed by atoms with Gasteiger partial charge in [-0.15, -0.1) is 0 Å². The fourth-order valence-corrected chi connectivity index (χ4v) is 3.34. The zero-order valence-corrected chi connectivity index (χ0v) is 15.8. The average molecular weight is 381 g/mol. The van der Waals surface area contributed by atoms with Crippen molar-refractivity contribution in [3.63, 3.8) is 0 Å². The van der Waals surface area contributed by atoms with Crippen LogP contribution in [-0.4, -0.2) is 33.3 Å². The van der Waals surface area contributed by atoms with Gasteiger partial charge in [0.25, 0.3) is 0 Å². The van der Waals surface area contributed by atoms with Gasteiger partial charge in [0, 0.05) is 25.0 Å². The molecule has 0 atom stereocenters. The monoisotopic (exact) mass is 380 g/mol. The van der Waals surface area contributed by atoms with E-state index < -0.39 is 10.0 Å². The number of carbonyl (C=O) groups excluding carboxylic acids is 1. The van der Waals surface area contributed by atoms with Crippen LogP contribution in [0.4, 0.5) is 0 Å². The summed E-state index contributed by atoms with van der Waals surface area (Å²) in [6.07, 6.45) is 0.911. The van der Waals surface area contributed by atoms with Crippen molar-refractivity contribution in [2.45, 2.75) is 24.3 Å². The number of nitrogens with one attached hydrogen (secondary N) is 1. The molecule has 1 N–H and O–H groups in total. The first-order chi connectivity index (χ1) is 11.8. The molecule has 2 aromatic rings. The summed E-state index contributed by atoms with van der Waals surface area (Å²) >= 11 is 5.95. The molecule has 0 radical (unpaired) electrons. The Morgan fingerprint density at radius 3 is 2.40 bits per heavy atom. The Morgan fingerprint density at radius 2 is 1.80 bits per heavy atom. The Morgan fingerprint density at radius 1 is 1.12 bits per heavy atom. The molecule has 0 heterocycles. The molecule has 0 saturated heterocycles. The summed E-state index contributed by atoms with van der Waals surface area (Å²) in [5.74, 6) is 0.0203. The molecule has 0 aliphatic rings. The minimum Gasteiger partial charge on any atom is -0.341 e. The second-order valence-electron chi connectivity index (χ2n) is 5.73. The lowest BCUT2D eigenvalue weighted by Crippen LogP contribution is -2.26. The summed E-state index contributed by atoms with van der Waals surface area (Å²) in [5, 5.41) is 0.648. The maximum atomic E-state index is 12.3. The molecule has 0 spiro atoms. The SMILES string of the molecule is CNS(=O)(=O)c1ccc(CCC(=O)N(C)Cc2cccc(Cl)c2)cc1. The van der Waals surface area contributed by atoms with E-state index in [1.54, 1.807) is 42.3 Å². The molecule has 0 fully saturated rings. The van der Waals surface area contributed by atoms with Crippen LogP contribution in [0.5, 0.6) is 0 Å². The number of hydrogen-bond donors (Lipinski definition) is 1. The second kappa shape index (κ2) is 8.47. The Bertz CT molecular complexity index is 836. The largest absolute Gasteiger partial charge is 0.341 e. The van der Waals surface area contributed by atoms with Crippen LogP contribution in [0.15, 0.2) is 53.4 Å². The van der Waals surface area contributed by atoms with E-state index in [0.29, 0.717) is 24.4 Å². The van der Waals surface area contributed by atoms with Crippen molar-refractivity contribution >= 4 is 27.5 Å². The van der Waals surface area contributed by atoms with Gasteiger partial charge in [0.05, 0.1) is 4.90 Å². The van der Waals surface area contributed by atoms with Crippen LogP contribution in [0, 0.1) is 0 Å². The van der Waals surface area contributed by atoms with Gasteiger partial charge in [-0.2, -0.15) is 0 Å². The van der Waals surface area contributed by atoms with Gasteiger partial charge in [-0.05, 0) is 48.9 Å². The van der Waals surface area contributed by atoms with Crippen LogP contribution in [0.2, 0.25) is 5.02 Å². The molecular weight excluding hydrogens is 360 g/mol. The molecule has 0 unspecified atom stereocenters. The van der Waals surface area contributed by atoms with Gasteiger partial charge in [-0.1, -0.05) is 35.9 Å². The Kier molecular flexibility index (Phi) is 6.58. The highest BCUT2D eigenvalue weighted by Gasteiger charge is 2.12. The van der Waals surface area contributed by atoms with E-state index in [9.17, 15) is 13.2 Å². The highest BCUT2D eigenvalue weighted by Crippen LogP contribution is 2.14. The number of halogens is 1. The maximum Gasteiger partial charge on any atom is 0.240 e. The molecular formula is C18H21ClN2O3S. The Hall–Kier alpha value is -1.89. The minimum absolute atomic E-state index is 0.0203. The van der Waals surface area contributed by atoms with E-state index in [2.05, 4.69) is 4.72 Å². The van der Waals surface area contributed by atoms with Gasteiger partial charge in [0.2, 0.25) is 15.9 Å². The molecule has 134 valence electrons. The number of nitrogens with zero attached hydrogens (tertiary/aromatic N) is 1. The van der Waals surface area contributed by atoms with E-state index in [4.69, 9.17) is 11.6 Å². The summed E-state index contributed by atoms with van der Waals surface area (Å²) in [5.41, 5.74) is 1.89. The van der Waals surface area contributed by atoms with E-state index >= 15 is 0 Å². The van der Waals surface area contributed by atoms with E-state index in [-0.39, 0.29) is 10.8 Å². The van der Waals surface area contributed by atoms with E-state index in [1.165, 1.54) is 7.05 Å². The molecule has 2 aromatic carbocycles. The molecule has 25 heavy (non-hydrogen) atoms. The fraction of sp³-hybridized carbons (Fsp3) is 0.278. The normalized spacial score (nSPS) is 11.3. The van der Waals surface area contributed by atoms with Crippen LogP contribution in [0.3, 0.4) is 0 Å². The van der Waals surface area contributed by atoms with Crippen molar-refractivity contribution in [2.75, 3.05) is 14.1 Å². The van der Waals surface area contributed by atoms with Crippen molar-refractivity contribution in [1.29, 1.82) is 0 Å². The van der Waals surface area contributed by atoms with Crippen LogP contribution in [0.1, 0.15) is 17.5 Å². The summed E-state index contributed by atoms with van der Waals surface area (Å²) in [7, 11) is -0.305. The van der Waals surface area contributed by atoms with Crippen molar-refractivity contribution in [3.05, 3.63) is 64.7 Å². The number of benzene rings is 2. The first-order valence-corrected chi connectivity index (χ1v) is 9.69. The van der Waals surface area contributed by atoms with Crippen molar-refractivity contribution < 1.29 is 13.2 Å². The topological polar surface area (TPSA) is 66.5 Å². The van der Waals surface area contributed by atoms with Crippen molar-refractivity contribution in [3.8, 4) is 0 Å². The van der Waals surface area contributed by atoms with Gasteiger partial charge in [0.1, 0.15) is 0 Å². The van der Waals surface area contributed by atoms with Gasteiger partial charge in [0.15, 0.2) is 0 Å². The van der Waals surface area contributed by atoms with Gasteiger partial charge in [-0.25, -0.2) is 13.1 Å². The smallest absolute Gasteiger partial charge is 0.240 e. The summed E-state index contributed by atoms with van der Waals surface area (Å²) in [4.78, 5) is 14.1. The Labute approximate surface area is 153 Å². The standard InChI is InChI=1S/C18H21ClN2O3S/c1-20-25(23,24)17-9-6-14(7-10-17)8-11-18(22)21(2)13-15-4-3-5-16(19)12-15/h3-7,9-10,12,20H,8,11,13H2,1-2H3. The van der Waals surface area contributed by atoms with Crippen LogP contribution in [0.25, 0.3) is 0 Å². The van der Waals surface area contributed by atoms with Crippen molar-refractivity contribution in [2.24, 2.45) is 0 Å². The van der Waals surface area contributed by atoms with Gasteiger partial charge in [-0.3, -0.25) is 4.79 Å². The number of hydrogen-bond acceptors (Lipinski definition) is 3. The quantitative estimate of drug-likeness (QED) is 0.803. The number of amides is 1. The molecule has 0 saturated carbocycles. The molecule has 0 bridgehead atoms. The predicted octanol–water partition coefficient (Wildman–Crippen LogP) is 2.84. The second-order valence-corrected chi connectivity index (χ2v) is 8.05. The molecule has 0 aliphatic heterocycles. The first kappa shape index (κ1) is 19.4. The van der Waals surface area contributed by atoms with Gasteiger partial charge >= 0.3 is 0 Å². The lowest BCUT2D eigenvalue weighted by atomic mass is 10.1. The van der Waals surface area contributed by atoms with Crippen LogP contribution in [-0.2, 0) is 27.8 Å². The average Bonchev–Trinajstić information content (AvgIpc) is 2.60. The zero-order valence-electron chi connectivity index (χ0n) is 14.2. The lowest BCUT2D eigenvalue weighted by molar-refractivity contribution is -0.130. The predicted molar refractivity (Wildman–Crippen MR) is 98.9 cm³/mol. The highest BCUT2D eigenvalue weighted by atomic mass is 35.5. The van der Waals surface area contributed by atoms with Crippen LogP contribution < -0.4 is 4.72 Å². The Balaban J connectivity index is 1.91. The zero-order chi connectivity index (χ0) is 18.4. The third kappa shape index (κ3) is 5.56. The number of rotatable bonds is 7. The maximum absolute atomic E-state index is 12.3. The molecule has 1 amide bonds. The molecule has 0 aromatic heterocycles.